The standard InChI is InChI=1S/C21H31ClN2O2/c1-2-10-23-11-6-17(7-12-23)15-21(25)24-13-8-19(9-14-24)26-20-5-3-4-18(22)16-20/h3-5,16-17,19H,2,6-15H2,1H3. The number of rotatable bonds is 6. The zero-order valence-electron chi connectivity index (χ0n) is 15.8. The second-order valence-electron chi connectivity index (χ2n) is 7.64. The smallest absolute Gasteiger partial charge is 0.222 e. The Morgan fingerprint density at radius 1 is 1.15 bits per heavy atom. The number of carbonyl (C=O) groups is 1. The molecule has 2 fully saturated rings. The van der Waals surface area contributed by atoms with Gasteiger partial charge in [-0.05, 0) is 63.0 Å². The lowest BCUT2D eigenvalue weighted by molar-refractivity contribution is -0.134. The molecule has 0 saturated carbocycles. The van der Waals surface area contributed by atoms with Crippen LogP contribution in [0.1, 0.15) is 45.4 Å². The third-order valence-corrected chi connectivity index (χ3v) is 5.84. The molecule has 1 amide bonds. The van der Waals surface area contributed by atoms with Gasteiger partial charge in [0.2, 0.25) is 5.91 Å². The van der Waals surface area contributed by atoms with Gasteiger partial charge in [-0.2, -0.15) is 0 Å². The van der Waals surface area contributed by atoms with Crippen molar-refractivity contribution in [1.82, 2.24) is 9.80 Å². The summed E-state index contributed by atoms with van der Waals surface area (Å²) in [6, 6.07) is 7.54. The summed E-state index contributed by atoms with van der Waals surface area (Å²) in [6.07, 6.45) is 6.24. The second kappa shape index (κ2) is 9.61. The molecular weight excluding hydrogens is 348 g/mol. The second-order valence-corrected chi connectivity index (χ2v) is 8.08. The Hall–Kier alpha value is -1.26. The molecule has 0 aliphatic carbocycles. The van der Waals surface area contributed by atoms with Gasteiger partial charge in [-0.3, -0.25) is 4.79 Å². The molecular formula is C21H31ClN2O2. The molecule has 2 saturated heterocycles. The number of hydrogen-bond acceptors (Lipinski definition) is 3. The normalized spacial score (nSPS) is 20.3. The number of likely N-dealkylation sites (tertiary alicyclic amines) is 2. The Balaban J connectivity index is 1.38. The molecule has 26 heavy (non-hydrogen) atoms. The molecule has 1 aromatic carbocycles. The quantitative estimate of drug-likeness (QED) is 0.742. The predicted molar refractivity (Wildman–Crippen MR) is 106 cm³/mol. The highest BCUT2D eigenvalue weighted by Gasteiger charge is 2.27. The summed E-state index contributed by atoms with van der Waals surface area (Å²) < 4.78 is 6.02. The van der Waals surface area contributed by atoms with Crippen molar-refractivity contribution in [2.45, 2.75) is 51.6 Å². The van der Waals surface area contributed by atoms with E-state index in [0.717, 1.165) is 51.2 Å². The maximum Gasteiger partial charge on any atom is 0.222 e. The van der Waals surface area contributed by atoms with Gasteiger partial charge in [0, 0.05) is 37.4 Å². The molecule has 0 atom stereocenters. The van der Waals surface area contributed by atoms with Crippen molar-refractivity contribution in [2.75, 3.05) is 32.7 Å². The number of hydrogen-bond donors (Lipinski definition) is 0. The number of ether oxygens (including phenoxy) is 1. The molecule has 3 rings (SSSR count). The van der Waals surface area contributed by atoms with E-state index < -0.39 is 0 Å². The molecule has 4 nitrogen and oxygen atoms in total. The van der Waals surface area contributed by atoms with Crippen LogP contribution in [0.25, 0.3) is 0 Å². The molecule has 2 aliphatic heterocycles. The van der Waals surface area contributed by atoms with E-state index in [4.69, 9.17) is 16.3 Å². The Bertz CT molecular complexity index is 579. The predicted octanol–water partition coefficient (Wildman–Crippen LogP) is 4.22. The van der Waals surface area contributed by atoms with Crippen LogP contribution >= 0.6 is 11.6 Å². The highest BCUT2D eigenvalue weighted by atomic mass is 35.5. The maximum atomic E-state index is 12.6. The van der Waals surface area contributed by atoms with Gasteiger partial charge in [-0.15, -0.1) is 0 Å². The van der Waals surface area contributed by atoms with E-state index in [-0.39, 0.29) is 6.10 Å². The van der Waals surface area contributed by atoms with Gasteiger partial charge in [0.1, 0.15) is 11.9 Å². The summed E-state index contributed by atoms with van der Waals surface area (Å²) >= 11 is 6.01. The summed E-state index contributed by atoms with van der Waals surface area (Å²) in [6.45, 7) is 7.34. The van der Waals surface area contributed by atoms with E-state index in [2.05, 4.69) is 11.8 Å². The van der Waals surface area contributed by atoms with Crippen molar-refractivity contribution in [2.24, 2.45) is 5.92 Å². The van der Waals surface area contributed by atoms with Crippen molar-refractivity contribution in [3.63, 3.8) is 0 Å². The number of nitrogens with zero attached hydrogens (tertiary/aromatic N) is 2. The highest BCUT2D eigenvalue weighted by molar-refractivity contribution is 6.30. The first-order valence-electron chi connectivity index (χ1n) is 10.1. The van der Waals surface area contributed by atoms with Crippen LogP contribution < -0.4 is 4.74 Å². The van der Waals surface area contributed by atoms with Crippen LogP contribution in [0, 0.1) is 5.92 Å². The Morgan fingerprint density at radius 3 is 2.54 bits per heavy atom. The average molecular weight is 379 g/mol. The fourth-order valence-corrected chi connectivity index (χ4v) is 4.24. The molecule has 0 unspecified atom stereocenters. The van der Waals surface area contributed by atoms with Gasteiger partial charge in [0.05, 0.1) is 0 Å². The summed E-state index contributed by atoms with van der Waals surface area (Å²) in [5.74, 6) is 1.72. The number of halogens is 1. The fraction of sp³-hybridized carbons (Fsp3) is 0.667. The molecule has 1 aromatic rings. The topological polar surface area (TPSA) is 32.8 Å². The van der Waals surface area contributed by atoms with E-state index >= 15 is 0 Å². The van der Waals surface area contributed by atoms with Crippen LogP contribution in [0.5, 0.6) is 5.75 Å². The van der Waals surface area contributed by atoms with E-state index in [0.29, 0.717) is 16.8 Å². The first-order chi connectivity index (χ1) is 12.6. The van der Waals surface area contributed by atoms with Crippen molar-refractivity contribution >= 4 is 17.5 Å². The maximum absolute atomic E-state index is 12.6. The third kappa shape index (κ3) is 5.62. The molecule has 0 aromatic heterocycles. The average Bonchev–Trinajstić information content (AvgIpc) is 2.64. The SMILES string of the molecule is CCCN1CCC(CC(=O)N2CCC(Oc3cccc(Cl)c3)CC2)CC1. The largest absolute Gasteiger partial charge is 0.490 e. The van der Waals surface area contributed by atoms with E-state index in [1.165, 1.54) is 25.8 Å². The monoisotopic (exact) mass is 378 g/mol. The van der Waals surface area contributed by atoms with Crippen LogP contribution in [0.3, 0.4) is 0 Å². The minimum Gasteiger partial charge on any atom is -0.490 e. The van der Waals surface area contributed by atoms with Gasteiger partial charge >= 0.3 is 0 Å². The van der Waals surface area contributed by atoms with E-state index in [1.807, 2.05) is 29.2 Å². The molecule has 144 valence electrons. The first-order valence-corrected chi connectivity index (χ1v) is 10.4. The third-order valence-electron chi connectivity index (χ3n) is 5.60. The Labute approximate surface area is 162 Å². The highest BCUT2D eigenvalue weighted by Crippen LogP contribution is 2.25. The van der Waals surface area contributed by atoms with Gasteiger partial charge < -0.3 is 14.5 Å². The summed E-state index contributed by atoms with van der Waals surface area (Å²) in [5, 5.41) is 0.695. The van der Waals surface area contributed by atoms with Gasteiger partial charge in [0.25, 0.3) is 0 Å². The Kier molecular flexibility index (Phi) is 7.21. The van der Waals surface area contributed by atoms with E-state index in [1.54, 1.807) is 0 Å². The van der Waals surface area contributed by atoms with Crippen molar-refractivity contribution in [3.05, 3.63) is 29.3 Å². The molecule has 2 heterocycles. The summed E-state index contributed by atoms with van der Waals surface area (Å²) in [7, 11) is 0. The first kappa shape index (κ1) is 19.5. The van der Waals surface area contributed by atoms with Gasteiger partial charge in [-0.25, -0.2) is 0 Å². The molecule has 0 N–H and O–H groups in total. The lowest BCUT2D eigenvalue weighted by atomic mass is 9.92. The van der Waals surface area contributed by atoms with Gasteiger partial charge in [-0.1, -0.05) is 24.6 Å². The van der Waals surface area contributed by atoms with Crippen molar-refractivity contribution < 1.29 is 9.53 Å². The van der Waals surface area contributed by atoms with Crippen LogP contribution in [0.15, 0.2) is 24.3 Å². The van der Waals surface area contributed by atoms with Crippen LogP contribution in [0.4, 0.5) is 0 Å². The van der Waals surface area contributed by atoms with Crippen molar-refractivity contribution in [3.8, 4) is 5.75 Å². The minimum absolute atomic E-state index is 0.176. The molecule has 5 heteroatoms. The van der Waals surface area contributed by atoms with Crippen LogP contribution in [-0.2, 0) is 4.79 Å². The molecule has 0 spiro atoms. The molecule has 0 bridgehead atoms. The van der Waals surface area contributed by atoms with Gasteiger partial charge in [0.15, 0.2) is 0 Å². The Morgan fingerprint density at radius 2 is 1.88 bits per heavy atom. The zero-order valence-corrected chi connectivity index (χ0v) is 16.6. The van der Waals surface area contributed by atoms with E-state index in [9.17, 15) is 4.79 Å². The zero-order chi connectivity index (χ0) is 18.4. The minimum atomic E-state index is 0.176. The van der Waals surface area contributed by atoms with Crippen LogP contribution in [0.2, 0.25) is 5.02 Å². The summed E-state index contributed by atoms with van der Waals surface area (Å²) in [5.41, 5.74) is 0. The molecule has 2 aliphatic rings. The van der Waals surface area contributed by atoms with Crippen LogP contribution in [-0.4, -0.2) is 54.5 Å². The lowest BCUT2D eigenvalue weighted by Gasteiger charge is -2.35. The number of benzene rings is 1. The number of piperidine rings is 2. The summed E-state index contributed by atoms with van der Waals surface area (Å²) in [4.78, 5) is 17.2. The molecule has 0 radical (unpaired) electrons. The lowest BCUT2D eigenvalue weighted by Crippen LogP contribution is -2.43. The van der Waals surface area contributed by atoms with Crippen molar-refractivity contribution in [1.29, 1.82) is 0 Å². The number of carbonyl (C=O) groups excluding carboxylic acids is 1. The number of amides is 1. The fourth-order valence-electron chi connectivity index (χ4n) is 4.06.